The Morgan fingerprint density at radius 1 is 1.27 bits per heavy atom. The molecule has 0 spiro atoms. The summed E-state index contributed by atoms with van der Waals surface area (Å²) in [5.74, 6) is 1.54. The van der Waals surface area contributed by atoms with Gasteiger partial charge in [-0.2, -0.15) is 9.61 Å². The third-order valence-corrected chi connectivity index (χ3v) is 5.54. The van der Waals surface area contributed by atoms with Crippen molar-refractivity contribution in [3.63, 3.8) is 0 Å². The van der Waals surface area contributed by atoms with Crippen LogP contribution >= 0.6 is 11.3 Å². The summed E-state index contributed by atoms with van der Waals surface area (Å²) in [6.07, 6.45) is 7.34. The maximum Gasteiger partial charge on any atom is 0.234 e. The van der Waals surface area contributed by atoms with Gasteiger partial charge in [0.05, 0.1) is 6.04 Å². The average molecular weight is 319 g/mol. The van der Waals surface area contributed by atoms with Gasteiger partial charge in [0, 0.05) is 18.9 Å². The van der Waals surface area contributed by atoms with Crippen LogP contribution < -0.4 is 0 Å². The Morgan fingerprint density at radius 2 is 2.14 bits per heavy atom. The molecule has 3 heterocycles. The van der Waals surface area contributed by atoms with Crippen LogP contribution in [0.25, 0.3) is 4.96 Å². The van der Waals surface area contributed by atoms with Gasteiger partial charge in [0.2, 0.25) is 10.9 Å². The molecule has 22 heavy (non-hydrogen) atoms. The summed E-state index contributed by atoms with van der Waals surface area (Å²) in [5.41, 5.74) is 0. The number of carbonyl (C=O) groups excluding carboxylic acids is 1. The average Bonchev–Trinajstić information content (AvgIpc) is 3.20. The summed E-state index contributed by atoms with van der Waals surface area (Å²) in [4.78, 5) is 15.5. The monoisotopic (exact) mass is 319 g/mol. The number of amides is 1. The van der Waals surface area contributed by atoms with Crippen molar-refractivity contribution in [2.45, 2.75) is 57.9 Å². The number of hydrogen-bond acceptors (Lipinski definition) is 5. The SMILES string of the molecule is CCCc1nnc2sc(C3CCCCN3C(=O)C3CC3)nn12. The van der Waals surface area contributed by atoms with Gasteiger partial charge in [0.25, 0.3) is 0 Å². The predicted molar refractivity (Wildman–Crippen MR) is 83.7 cm³/mol. The summed E-state index contributed by atoms with van der Waals surface area (Å²) < 4.78 is 1.87. The van der Waals surface area contributed by atoms with E-state index in [9.17, 15) is 4.79 Å². The first-order chi connectivity index (χ1) is 10.8. The van der Waals surface area contributed by atoms with E-state index in [1.54, 1.807) is 11.3 Å². The van der Waals surface area contributed by atoms with E-state index < -0.39 is 0 Å². The maximum absolute atomic E-state index is 12.5. The van der Waals surface area contributed by atoms with Gasteiger partial charge >= 0.3 is 0 Å². The van der Waals surface area contributed by atoms with Gasteiger partial charge in [-0.05, 0) is 38.5 Å². The van der Waals surface area contributed by atoms with Gasteiger partial charge in [0.1, 0.15) is 5.01 Å². The zero-order valence-corrected chi connectivity index (χ0v) is 13.7. The Hall–Kier alpha value is -1.50. The van der Waals surface area contributed by atoms with Gasteiger partial charge in [-0.3, -0.25) is 4.79 Å². The second kappa shape index (κ2) is 5.61. The highest BCUT2D eigenvalue weighted by Gasteiger charge is 2.38. The fourth-order valence-electron chi connectivity index (χ4n) is 3.20. The molecule has 1 aliphatic carbocycles. The van der Waals surface area contributed by atoms with E-state index in [-0.39, 0.29) is 12.0 Å². The highest BCUT2D eigenvalue weighted by atomic mass is 32.1. The van der Waals surface area contributed by atoms with Gasteiger partial charge < -0.3 is 4.90 Å². The highest BCUT2D eigenvalue weighted by molar-refractivity contribution is 7.16. The van der Waals surface area contributed by atoms with Crippen LogP contribution in [0.5, 0.6) is 0 Å². The van der Waals surface area contributed by atoms with Crippen LogP contribution in [0.4, 0.5) is 0 Å². The molecule has 0 bridgehead atoms. The van der Waals surface area contributed by atoms with Crippen LogP contribution in [-0.2, 0) is 11.2 Å². The Morgan fingerprint density at radius 3 is 2.91 bits per heavy atom. The van der Waals surface area contributed by atoms with Crippen molar-refractivity contribution >= 4 is 22.2 Å². The Labute approximate surface area is 133 Å². The first-order valence-corrected chi connectivity index (χ1v) is 9.11. The molecule has 1 atom stereocenters. The van der Waals surface area contributed by atoms with Crippen molar-refractivity contribution in [2.24, 2.45) is 5.92 Å². The molecule has 0 aromatic carbocycles. The molecule has 1 saturated carbocycles. The van der Waals surface area contributed by atoms with Gasteiger partial charge in [-0.15, -0.1) is 10.2 Å². The summed E-state index contributed by atoms with van der Waals surface area (Å²) in [6.45, 7) is 3.01. The van der Waals surface area contributed by atoms with Crippen LogP contribution in [0.1, 0.15) is 62.3 Å². The first kappa shape index (κ1) is 14.1. The van der Waals surface area contributed by atoms with Crippen LogP contribution in [0, 0.1) is 5.92 Å². The number of aryl methyl sites for hydroxylation is 1. The smallest absolute Gasteiger partial charge is 0.234 e. The molecular formula is C15H21N5OS. The molecule has 2 aliphatic rings. The lowest BCUT2D eigenvalue weighted by Gasteiger charge is -2.34. The van der Waals surface area contributed by atoms with E-state index in [0.717, 1.165) is 60.9 Å². The molecular weight excluding hydrogens is 298 g/mol. The lowest BCUT2D eigenvalue weighted by Crippen LogP contribution is -2.39. The molecule has 1 saturated heterocycles. The van der Waals surface area contributed by atoms with Gasteiger partial charge in [0.15, 0.2) is 5.82 Å². The van der Waals surface area contributed by atoms with Crippen molar-refractivity contribution in [1.82, 2.24) is 24.7 Å². The Bertz CT molecular complexity index is 689. The van der Waals surface area contributed by atoms with Crippen molar-refractivity contribution in [3.05, 3.63) is 10.8 Å². The van der Waals surface area contributed by atoms with Gasteiger partial charge in [-0.25, -0.2) is 0 Å². The molecule has 118 valence electrons. The molecule has 2 aromatic heterocycles. The highest BCUT2D eigenvalue weighted by Crippen LogP contribution is 2.38. The molecule has 1 aliphatic heterocycles. The van der Waals surface area contributed by atoms with Crippen molar-refractivity contribution in [1.29, 1.82) is 0 Å². The number of fused-ring (bicyclic) bond motifs is 1. The second-order valence-electron chi connectivity index (χ2n) is 6.32. The zero-order chi connectivity index (χ0) is 15.1. The molecule has 6 nitrogen and oxygen atoms in total. The number of likely N-dealkylation sites (tertiary alicyclic amines) is 1. The number of rotatable bonds is 4. The minimum atomic E-state index is 0.142. The van der Waals surface area contributed by atoms with Crippen LogP contribution in [0.2, 0.25) is 0 Å². The zero-order valence-electron chi connectivity index (χ0n) is 12.9. The number of carbonyl (C=O) groups is 1. The van der Waals surface area contributed by atoms with Gasteiger partial charge in [-0.1, -0.05) is 18.3 Å². The summed E-state index contributed by atoms with van der Waals surface area (Å²) in [6, 6.07) is 0.142. The summed E-state index contributed by atoms with van der Waals surface area (Å²) in [5, 5.41) is 14.2. The largest absolute Gasteiger partial charge is 0.333 e. The Kier molecular flexibility index (Phi) is 3.60. The molecule has 0 radical (unpaired) electrons. The molecule has 2 fully saturated rings. The molecule has 1 unspecified atom stereocenters. The molecule has 4 rings (SSSR count). The molecule has 0 N–H and O–H groups in total. The molecule has 2 aromatic rings. The lowest BCUT2D eigenvalue weighted by molar-refractivity contribution is -0.136. The lowest BCUT2D eigenvalue weighted by atomic mass is 10.0. The molecule has 1 amide bonds. The predicted octanol–water partition coefficient (Wildman–Crippen LogP) is 2.60. The minimum Gasteiger partial charge on any atom is -0.333 e. The maximum atomic E-state index is 12.5. The second-order valence-corrected chi connectivity index (χ2v) is 7.31. The fourth-order valence-corrected chi connectivity index (χ4v) is 4.21. The Balaban J connectivity index is 1.64. The fraction of sp³-hybridized carbons (Fsp3) is 0.733. The summed E-state index contributed by atoms with van der Waals surface area (Å²) >= 11 is 1.59. The third-order valence-electron chi connectivity index (χ3n) is 4.54. The van der Waals surface area contributed by atoms with E-state index in [4.69, 9.17) is 5.10 Å². The number of nitrogens with zero attached hydrogens (tertiary/aromatic N) is 5. The van der Waals surface area contributed by atoms with E-state index >= 15 is 0 Å². The number of aromatic nitrogens is 4. The quantitative estimate of drug-likeness (QED) is 0.869. The van der Waals surface area contributed by atoms with E-state index in [2.05, 4.69) is 22.0 Å². The van der Waals surface area contributed by atoms with Crippen LogP contribution in [0.15, 0.2) is 0 Å². The topological polar surface area (TPSA) is 63.4 Å². The van der Waals surface area contributed by atoms with Crippen LogP contribution in [-0.4, -0.2) is 37.2 Å². The van der Waals surface area contributed by atoms with Crippen LogP contribution in [0.3, 0.4) is 0 Å². The van der Waals surface area contributed by atoms with Crippen molar-refractivity contribution in [3.8, 4) is 0 Å². The number of piperidine rings is 1. The van der Waals surface area contributed by atoms with Crippen molar-refractivity contribution < 1.29 is 4.79 Å². The van der Waals surface area contributed by atoms with Crippen molar-refractivity contribution in [2.75, 3.05) is 6.54 Å². The third kappa shape index (κ3) is 2.41. The normalized spacial score (nSPS) is 22.4. The van der Waals surface area contributed by atoms with E-state index in [1.165, 1.54) is 6.42 Å². The number of hydrogen-bond donors (Lipinski definition) is 0. The van der Waals surface area contributed by atoms with E-state index in [0.29, 0.717) is 5.91 Å². The molecule has 7 heteroatoms. The van der Waals surface area contributed by atoms with E-state index in [1.807, 2.05) is 4.52 Å². The summed E-state index contributed by atoms with van der Waals surface area (Å²) in [7, 11) is 0. The first-order valence-electron chi connectivity index (χ1n) is 8.29. The minimum absolute atomic E-state index is 0.142. The standard InChI is InChI=1S/C15H21N5OS/c1-2-5-12-16-17-15-20(12)18-13(22-15)11-6-3-4-9-19(11)14(21)10-7-8-10/h10-11H,2-9H2,1H3.